The second-order valence-corrected chi connectivity index (χ2v) is 5.42. The Morgan fingerprint density at radius 3 is 3.12 bits per heavy atom. The molecule has 1 aromatic heterocycles. The highest BCUT2D eigenvalue weighted by molar-refractivity contribution is 5.13. The first kappa shape index (κ1) is 11.2. The molecule has 2 aliphatic rings. The first-order valence-corrected chi connectivity index (χ1v) is 6.69. The van der Waals surface area contributed by atoms with Crippen LogP contribution >= 0.6 is 0 Å². The van der Waals surface area contributed by atoms with Crippen molar-refractivity contribution in [1.29, 1.82) is 0 Å². The fourth-order valence-corrected chi connectivity index (χ4v) is 3.25. The minimum Gasteiger partial charge on any atom is -0.316 e. The topological polar surface area (TPSA) is 28.2 Å². The second-order valence-electron chi connectivity index (χ2n) is 5.42. The maximum Gasteiger partial charge on any atom is 0.0335 e. The summed E-state index contributed by atoms with van der Waals surface area (Å²) < 4.78 is 0. The van der Waals surface area contributed by atoms with Crippen molar-refractivity contribution < 1.29 is 0 Å². The summed E-state index contributed by atoms with van der Waals surface area (Å²) in [6.07, 6.45) is 5.20. The molecule has 3 heteroatoms. The van der Waals surface area contributed by atoms with Gasteiger partial charge in [0.05, 0.1) is 0 Å². The molecule has 2 fully saturated rings. The molecule has 0 radical (unpaired) electrons. The third kappa shape index (κ3) is 2.22. The molecule has 0 bridgehead atoms. The SMILES string of the molecule is CC(c1cccnc1)N1CCC2CNCC2C1. The standard InChI is InChI=1S/C14H21N3/c1-11(12-3-2-5-15-7-12)17-6-4-13-8-16-9-14(13)10-17/h2-3,5,7,11,13-14,16H,4,6,8-10H2,1H3. The van der Waals surface area contributed by atoms with Crippen molar-refractivity contribution in [2.24, 2.45) is 11.8 Å². The van der Waals surface area contributed by atoms with E-state index in [0.717, 1.165) is 11.8 Å². The van der Waals surface area contributed by atoms with Crippen LogP contribution in [0, 0.1) is 11.8 Å². The number of nitrogens with one attached hydrogen (secondary N) is 1. The molecule has 3 rings (SSSR count). The van der Waals surface area contributed by atoms with Gasteiger partial charge in [-0.2, -0.15) is 0 Å². The zero-order chi connectivity index (χ0) is 11.7. The van der Waals surface area contributed by atoms with Crippen molar-refractivity contribution in [2.75, 3.05) is 26.2 Å². The van der Waals surface area contributed by atoms with Crippen LogP contribution in [0.15, 0.2) is 24.5 Å². The average molecular weight is 231 g/mol. The molecule has 0 aliphatic carbocycles. The molecule has 3 heterocycles. The number of pyridine rings is 1. The maximum atomic E-state index is 4.23. The number of hydrogen-bond donors (Lipinski definition) is 1. The van der Waals surface area contributed by atoms with Gasteiger partial charge in [-0.1, -0.05) is 6.07 Å². The van der Waals surface area contributed by atoms with E-state index < -0.39 is 0 Å². The summed E-state index contributed by atoms with van der Waals surface area (Å²) in [5, 5.41) is 3.52. The van der Waals surface area contributed by atoms with Crippen LogP contribution in [0.25, 0.3) is 0 Å². The van der Waals surface area contributed by atoms with Crippen LogP contribution in [-0.4, -0.2) is 36.1 Å². The zero-order valence-corrected chi connectivity index (χ0v) is 10.5. The Morgan fingerprint density at radius 1 is 1.41 bits per heavy atom. The highest BCUT2D eigenvalue weighted by Crippen LogP contribution is 2.31. The summed E-state index contributed by atoms with van der Waals surface area (Å²) in [6, 6.07) is 4.73. The minimum absolute atomic E-state index is 0.505. The Kier molecular flexibility index (Phi) is 3.12. The smallest absolute Gasteiger partial charge is 0.0335 e. The Morgan fingerprint density at radius 2 is 2.29 bits per heavy atom. The molecule has 92 valence electrons. The summed E-state index contributed by atoms with van der Waals surface area (Å²) in [4.78, 5) is 6.84. The predicted octanol–water partition coefficient (Wildman–Crippen LogP) is 1.68. The van der Waals surface area contributed by atoms with Crippen molar-refractivity contribution in [3.63, 3.8) is 0 Å². The predicted molar refractivity (Wildman–Crippen MR) is 68.7 cm³/mol. The Balaban J connectivity index is 1.69. The van der Waals surface area contributed by atoms with Gasteiger partial charge in [0.2, 0.25) is 0 Å². The molecule has 2 aliphatic heterocycles. The number of hydrogen-bond acceptors (Lipinski definition) is 3. The van der Waals surface area contributed by atoms with Gasteiger partial charge in [-0.05, 0) is 56.4 Å². The summed E-state index contributed by atoms with van der Waals surface area (Å²) >= 11 is 0. The van der Waals surface area contributed by atoms with Gasteiger partial charge >= 0.3 is 0 Å². The van der Waals surface area contributed by atoms with E-state index in [9.17, 15) is 0 Å². The van der Waals surface area contributed by atoms with Gasteiger partial charge in [0, 0.05) is 25.0 Å². The van der Waals surface area contributed by atoms with Crippen molar-refractivity contribution in [3.8, 4) is 0 Å². The molecule has 3 nitrogen and oxygen atoms in total. The molecule has 0 aromatic carbocycles. The zero-order valence-electron chi connectivity index (χ0n) is 10.5. The van der Waals surface area contributed by atoms with Gasteiger partial charge in [-0.15, -0.1) is 0 Å². The lowest BCUT2D eigenvalue weighted by atomic mass is 9.87. The van der Waals surface area contributed by atoms with Crippen molar-refractivity contribution in [3.05, 3.63) is 30.1 Å². The monoisotopic (exact) mass is 231 g/mol. The van der Waals surface area contributed by atoms with Crippen LogP contribution in [0.1, 0.15) is 24.9 Å². The molecule has 3 unspecified atom stereocenters. The Labute approximate surface area is 103 Å². The average Bonchev–Trinajstić information content (AvgIpc) is 2.86. The quantitative estimate of drug-likeness (QED) is 0.839. The molecule has 1 N–H and O–H groups in total. The molecule has 3 atom stereocenters. The van der Waals surface area contributed by atoms with Crippen molar-refractivity contribution >= 4 is 0 Å². The summed E-state index contributed by atoms with van der Waals surface area (Å²) in [5.74, 6) is 1.79. The van der Waals surface area contributed by atoms with E-state index in [1.165, 1.54) is 38.2 Å². The van der Waals surface area contributed by atoms with Gasteiger partial charge in [-0.25, -0.2) is 0 Å². The molecule has 0 amide bonds. The Bertz CT molecular complexity index is 365. The largest absolute Gasteiger partial charge is 0.316 e. The van der Waals surface area contributed by atoms with E-state index in [1.54, 1.807) is 0 Å². The van der Waals surface area contributed by atoms with E-state index in [1.807, 2.05) is 18.5 Å². The molecule has 0 saturated carbocycles. The van der Waals surface area contributed by atoms with Crippen LogP contribution in [0.3, 0.4) is 0 Å². The molecule has 0 spiro atoms. The van der Waals surface area contributed by atoms with E-state index >= 15 is 0 Å². The van der Waals surface area contributed by atoms with E-state index in [-0.39, 0.29) is 0 Å². The van der Waals surface area contributed by atoms with Gasteiger partial charge < -0.3 is 5.32 Å². The second kappa shape index (κ2) is 4.75. The first-order valence-electron chi connectivity index (χ1n) is 6.69. The Hall–Kier alpha value is -0.930. The van der Waals surface area contributed by atoms with Crippen LogP contribution in [0.5, 0.6) is 0 Å². The lowest BCUT2D eigenvalue weighted by molar-refractivity contribution is 0.111. The fourth-order valence-electron chi connectivity index (χ4n) is 3.25. The molecule has 1 aromatic rings. The van der Waals surface area contributed by atoms with Gasteiger partial charge in [0.1, 0.15) is 0 Å². The molecule has 2 saturated heterocycles. The summed E-state index contributed by atoms with van der Waals surface area (Å²) in [6.45, 7) is 7.23. The molecular weight excluding hydrogens is 210 g/mol. The number of piperidine rings is 1. The molecular formula is C14H21N3. The van der Waals surface area contributed by atoms with Gasteiger partial charge in [0.15, 0.2) is 0 Å². The van der Waals surface area contributed by atoms with E-state index in [2.05, 4.69) is 28.2 Å². The third-order valence-corrected chi connectivity index (χ3v) is 4.45. The maximum absolute atomic E-state index is 4.23. The van der Waals surface area contributed by atoms with Gasteiger partial charge in [-0.3, -0.25) is 9.88 Å². The van der Waals surface area contributed by atoms with Crippen LogP contribution in [0.2, 0.25) is 0 Å². The number of likely N-dealkylation sites (tertiary alicyclic amines) is 1. The first-order chi connectivity index (χ1) is 8.34. The summed E-state index contributed by atoms with van der Waals surface area (Å²) in [5.41, 5.74) is 1.34. The van der Waals surface area contributed by atoms with Crippen LogP contribution in [-0.2, 0) is 0 Å². The highest BCUT2D eigenvalue weighted by atomic mass is 15.2. The van der Waals surface area contributed by atoms with Crippen molar-refractivity contribution in [1.82, 2.24) is 15.2 Å². The lowest BCUT2D eigenvalue weighted by Gasteiger charge is -2.38. The van der Waals surface area contributed by atoms with Crippen molar-refractivity contribution in [2.45, 2.75) is 19.4 Å². The van der Waals surface area contributed by atoms with E-state index in [4.69, 9.17) is 0 Å². The van der Waals surface area contributed by atoms with E-state index in [0.29, 0.717) is 6.04 Å². The lowest BCUT2D eigenvalue weighted by Crippen LogP contribution is -2.41. The number of nitrogens with zero attached hydrogens (tertiary/aromatic N) is 2. The minimum atomic E-state index is 0.505. The summed E-state index contributed by atoms with van der Waals surface area (Å²) in [7, 11) is 0. The van der Waals surface area contributed by atoms with Crippen LogP contribution in [0.4, 0.5) is 0 Å². The number of fused-ring (bicyclic) bond motifs is 1. The normalized spacial score (nSPS) is 31.1. The fraction of sp³-hybridized carbons (Fsp3) is 0.643. The number of aromatic nitrogens is 1. The van der Waals surface area contributed by atoms with Crippen LogP contribution < -0.4 is 5.32 Å². The third-order valence-electron chi connectivity index (χ3n) is 4.45. The van der Waals surface area contributed by atoms with Gasteiger partial charge in [0.25, 0.3) is 0 Å². The highest BCUT2D eigenvalue weighted by Gasteiger charge is 2.34. The number of rotatable bonds is 2. The molecule has 17 heavy (non-hydrogen) atoms.